The Labute approximate surface area is 132 Å². The van der Waals surface area contributed by atoms with Crippen LogP contribution >= 0.6 is 0 Å². The molecule has 0 saturated carbocycles. The largest absolute Gasteiger partial charge is 0.494 e. The van der Waals surface area contributed by atoms with Crippen molar-refractivity contribution in [2.75, 3.05) is 6.61 Å². The minimum absolute atomic E-state index is 0.301. The molecule has 1 unspecified atom stereocenters. The summed E-state index contributed by atoms with van der Waals surface area (Å²) in [6.07, 6.45) is 3.64. The van der Waals surface area contributed by atoms with Gasteiger partial charge in [0.1, 0.15) is 5.75 Å². The summed E-state index contributed by atoms with van der Waals surface area (Å²) in [5.41, 5.74) is 2.13. The highest BCUT2D eigenvalue weighted by Crippen LogP contribution is 2.34. The molecule has 0 bridgehead atoms. The molecule has 0 fully saturated rings. The molecule has 1 heteroatoms. The van der Waals surface area contributed by atoms with Crippen LogP contribution in [0.4, 0.5) is 0 Å². The van der Waals surface area contributed by atoms with E-state index in [1.807, 2.05) is 0 Å². The van der Waals surface area contributed by atoms with E-state index >= 15 is 0 Å². The molecular formula is C20H34O. The fourth-order valence-corrected chi connectivity index (χ4v) is 2.30. The zero-order chi connectivity index (χ0) is 16.1. The molecule has 0 aliphatic rings. The third-order valence-electron chi connectivity index (χ3n) is 4.27. The lowest BCUT2D eigenvalue weighted by atomic mass is 9.78. The van der Waals surface area contributed by atoms with Crippen molar-refractivity contribution >= 4 is 0 Å². The van der Waals surface area contributed by atoms with Crippen molar-refractivity contribution in [2.45, 2.75) is 73.6 Å². The summed E-state index contributed by atoms with van der Waals surface area (Å²) in [6, 6.07) is 8.64. The van der Waals surface area contributed by atoms with E-state index in [4.69, 9.17) is 4.74 Å². The first-order valence-electron chi connectivity index (χ1n) is 8.32. The average Bonchev–Trinajstić information content (AvgIpc) is 2.36. The topological polar surface area (TPSA) is 9.23 Å². The second-order valence-corrected chi connectivity index (χ2v) is 8.52. The van der Waals surface area contributed by atoms with E-state index in [1.54, 1.807) is 0 Å². The van der Waals surface area contributed by atoms with Crippen molar-refractivity contribution in [3.63, 3.8) is 0 Å². The Balaban J connectivity index is 2.38. The Morgan fingerprint density at radius 1 is 0.905 bits per heavy atom. The molecule has 0 aliphatic carbocycles. The smallest absolute Gasteiger partial charge is 0.119 e. The van der Waals surface area contributed by atoms with Gasteiger partial charge in [0, 0.05) is 0 Å². The van der Waals surface area contributed by atoms with Crippen LogP contribution in [0.1, 0.15) is 79.2 Å². The molecule has 1 rings (SSSR count). The van der Waals surface area contributed by atoms with Crippen molar-refractivity contribution in [1.29, 1.82) is 0 Å². The van der Waals surface area contributed by atoms with E-state index in [2.05, 4.69) is 72.7 Å². The lowest BCUT2D eigenvalue weighted by Crippen LogP contribution is -2.15. The van der Waals surface area contributed by atoms with E-state index in [-0.39, 0.29) is 0 Å². The molecule has 0 saturated heterocycles. The van der Waals surface area contributed by atoms with Crippen molar-refractivity contribution in [2.24, 2.45) is 10.8 Å². The lowest BCUT2D eigenvalue weighted by Gasteiger charge is -2.27. The van der Waals surface area contributed by atoms with Crippen LogP contribution in [0.15, 0.2) is 24.3 Å². The lowest BCUT2D eigenvalue weighted by molar-refractivity contribution is 0.285. The minimum Gasteiger partial charge on any atom is -0.494 e. The van der Waals surface area contributed by atoms with E-state index in [0.29, 0.717) is 16.7 Å². The molecular weight excluding hydrogens is 256 g/mol. The molecule has 0 spiro atoms. The summed E-state index contributed by atoms with van der Waals surface area (Å²) in [7, 11) is 0. The van der Waals surface area contributed by atoms with Crippen LogP contribution < -0.4 is 4.74 Å². The van der Waals surface area contributed by atoms with Crippen molar-refractivity contribution < 1.29 is 4.74 Å². The molecule has 1 aromatic rings. The minimum atomic E-state index is 0.301. The van der Waals surface area contributed by atoms with E-state index in [1.165, 1.54) is 18.4 Å². The zero-order valence-electron chi connectivity index (χ0n) is 15.1. The summed E-state index contributed by atoms with van der Waals surface area (Å²) in [6.45, 7) is 16.9. The molecule has 0 amide bonds. The quantitative estimate of drug-likeness (QED) is 0.548. The average molecular weight is 290 g/mol. The fraction of sp³-hybridized carbons (Fsp3) is 0.700. The molecule has 0 N–H and O–H groups in total. The van der Waals surface area contributed by atoms with Gasteiger partial charge in [0.2, 0.25) is 0 Å². The third kappa shape index (κ3) is 7.02. The summed E-state index contributed by atoms with van der Waals surface area (Å²) in [5, 5.41) is 0. The van der Waals surface area contributed by atoms with Gasteiger partial charge < -0.3 is 4.74 Å². The maximum atomic E-state index is 5.84. The van der Waals surface area contributed by atoms with Crippen LogP contribution in [0.5, 0.6) is 5.75 Å². The van der Waals surface area contributed by atoms with Crippen LogP contribution in [0, 0.1) is 10.8 Å². The van der Waals surface area contributed by atoms with Gasteiger partial charge in [-0.25, -0.2) is 0 Å². The normalized spacial score (nSPS) is 14.0. The number of hydrogen-bond donors (Lipinski definition) is 0. The molecule has 0 aliphatic heterocycles. The molecule has 0 radical (unpaired) electrons. The highest BCUT2D eigenvalue weighted by Gasteiger charge is 2.21. The van der Waals surface area contributed by atoms with Gasteiger partial charge >= 0.3 is 0 Å². The van der Waals surface area contributed by atoms with Crippen molar-refractivity contribution in [3.05, 3.63) is 29.8 Å². The molecule has 0 heterocycles. The number of unbranched alkanes of at least 4 members (excludes halogenated alkanes) is 1. The van der Waals surface area contributed by atoms with Gasteiger partial charge in [-0.2, -0.15) is 0 Å². The Morgan fingerprint density at radius 2 is 1.48 bits per heavy atom. The second-order valence-electron chi connectivity index (χ2n) is 8.52. The second kappa shape index (κ2) is 7.33. The Hall–Kier alpha value is -0.980. The fourth-order valence-electron chi connectivity index (χ4n) is 2.30. The van der Waals surface area contributed by atoms with Gasteiger partial charge in [0.25, 0.3) is 0 Å². The molecule has 21 heavy (non-hydrogen) atoms. The highest BCUT2D eigenvalue weighted by molar-refractivity contribution is 5.30. The van der Waals surface area contributed by atoms with Gasteiger partial charge in [-0.15, -0.1) is 0 Å². The summed E-state index contributed by atoms with van der Waals surface area (Å²) in [5.74, 6) is 1.55. The van der Waals surface area contributed by atoms with Gasteiger partial charge in [0.05, 0.1) is 6.61 Å². The monoisotopic (exact) mass is 290 g/mol. The summed E-state index contributed by atoms with van der Waals surface area (Å²) in [4.78, 5) is 0. The van der Waals surface area contributed by atoms with Gasteiger partial charge in [-0.05, 0) is 53.7 Å². The van der Waals surface area contributed by atoms with Gasteiger partial charge in [-0.1, -0.05) is 60.6 Å². The molecule has 0 aromatic heterocycles. The van der Waals surface area contributed by atoms with Crippen LogP contribution in [0.2, 0.25) is 0 Å². The third-order valence-corrected chi connectivity index (χ3v) is 4.27. The first-order valence-corrected chi connectivity index (χ1v) is 8.32. The number of rotatable bonds is 6. The van der Waals surface area contributed by atoms with E-state index in [9.17, 15) is 0 Å². The van der Waals surface area contributed by atoms with Crippen molar-refractivity contribution in [3.8, 4) is 5.75 Å². The van der Waals surface area contributed by atoms with Gasteiger partial charge in [0.15, 0.2) is 0 Å². The molecule has 1 atom stereocenters. The number of hydrogen-bond acceptors (Lipinski definition) is 1. The zero-order valence-corrected chi connectivity index (χ0v) is 15.1. The first-order chi connectivity index (χ1) is 9.59. The Bertz CT molecular complexity index is 403. The molecule has 120 valence electrons. The van der Waals surface area contributed by atoms with Crippen LogP contribution in [-0.2, 0) is 0 Å². The Kier molecular flexibility index (Phi) is 6.31. The predicted octanol–water partition coefficient (Wildman–Crippen LogP) is 6.43. The first kappa shape index (κ1) is 18.1. The molecule has 1 aromatic carbocycles. The van der Waals surface area contributed by atoms with E-state index < -0.39 is 0 Å². The van der Waals surface area contributed by atoms with Crippen molar-refractivity contribution in [1.82, 2.24) is 0 Å². The predicted molar refractivity (Wildman–Crippen MR) is 93.1 cm³/mol. The van der Waals surface area contributed by atoms with Gasteiger partial charge in [-0.3, -0.25) is 0 Å². The summed E-state index contributed by atoms with van der Waals surface area (Å²) < 4.78 is 5.84. The maximum Gasteiger partial charge on any atom is 0.119 e. The van der Waals surface area contributed by atoms with Crippen LogP contribution in [-0.4, -0.2) is 6.61 Å². The van der Waals surface area contributed by atoms with Crippen LogP contribution in [0.25, 0.3) is 0 Å². The van der Waals surface area contributed by atoms with Crippen LogP contribution in [0.3, 0.4) is 0 Å². The number of benzene rings is 1. The summed E-state index contributed by atoms with van der Waals surface area (Å²) >= 11 is 0. The maximum absolute atomic E-state index is 5.84. The SMILES string of the molecule is CC(c1ccc(OCCCCC(C)(C)C)cc1)C(C)(C)C. The highest BCUT2D eigenvalue weighted by atomic mass is 16.5. The standard InChI is InChI=1S/C20H34O/c1-16(20(5,6)7)17-10-12-18(13-11-17)21-15-9-8-14-19(2,3)4/h10-13,16H,8-9,14-15H2,1-7H3. The Morgan fingerprint density at radius 3 is 1.95 bits per heavy atom. The number of ether oxygens (including phenoxy) is 1. The molecule has 1 nitrogen and oxygen atoms in total. The van der Waals surface area contributed by atoms with E-state index in [0.717, 1.165) is 18.8 Å².